The summed E-state index contributed by atoms with van der Waals surface area (Å²) in [6.45, 7) is 5.89. The lowest BCUT2D eigenvalue weighted by atomic mass is 10.1. The van der Waals surface area contributed by atoms with Crippen LogP contribution in [0.15, 0.2) is 30.5 Å². The summed E-state index contributed by atoms with van der Waals surface area (Å²) in [7, 11) is 1.70. The van der Waals surface area contributed by atoms with Gasteiger partial charge in [-0.2, -0.15) is 0 Å². The number of piperazine rings is 1. The summed E-state index contributed by atoms with van der Waals surface area (Å²) in [4.78, 5) is 9.29. The van der Waals surface area contributed by atoms with Gasteiger partial charge >= 0.3 is 0 Å². The maximum Gasteiger partial charge on any atom is 0.119 e. The van der Waals surface area contributed by atoms with E-state index in [1.807, 2.05) is 18.3 Å². The maximum atomic E-state index is 5.63. The zero-order valence-electron chi connectivity index (χ0n) is 12.5. The average Bonchev–Trinajstić information content (AvgIpc) is 2.55. The Hall–Kier alpha value is -1.85. The maximum absolute atomic E-state index is 5.63. The molecule has 3 rings (SSSR count). The van der Waals surface area contributed by atoms with Crippen molar-refractivity contribution in [2.24, 2.45) is 5.73 Å². The highest BCUT2D eigenvalue weighted by atomic mass is 16.5. The number of nitrogens with zero attached hydrogens (tertiary/aromatic N) is 3. The first kappa shape index (κ1) is 14.1. The topological polar surface area (TPSA) is 54.6 Å². The second-order valence-electron chi connectivity index (χ2n) is 5.33. The van der Waals surface area contributed by atoms with Crippen LogP contribution in [0.25, 0.3) is 10.9 Å². The summed E-state index contributed by atoms with van der Waals surface area (Å²) in [6, 6.07) is 8.14. The lowest BCUT2D eigenvalue weighted by molar-refractivity contribution is 0.265. The van der Waals surface area contributed by atoms with E-state index < -0.39 is 0 Å². The minimum Gasteiger partial charge on any atom is -0.497 e. The number of methoxy groups -OCH3 is 1. The van der Waals surface area contributed by atoms with Crippen LogP contribution >= 0.6 is 0 Å². The van der Waals surface area contributed by atoms with Crippen LogP contribution < -0.4 is 15.4 Å². The van der Waals surface area contributed by atoms with E-state index in [1.54, 1.807) is 7.11 Å². The number of aromatic nitrogens is 1. The third-order valence-electron chi connectivity index (χ3n) is 4.08. The number of ether oxygens (including phenoxy) is 1. The van der Waals surface area contributed by atoms with Crippen molar-refractivity contribution in [1.82, 2.24) is 9.88 Å². The van der Waals surface area contributed by atoms with Crippen LogP contribution in [0, 0.1) is 0 Å². The van der Waals surface area contributed by atoms with E-state index in [9.17, 15) is 0 Å². The van der Waals surface area contributed by atoms with Gasteiger partial charge in [0.1, 0.15) is 5.75 Å². The number of benzene rings is 1. The molecule has 5 nitrogen and oxygen atoms in total. The highest BCUT2D eigenvalue weighted by molar-refractivity contribution is 5.92. The molecule has 21 heavy (non-hydrogen) atoms. The average molecular weight is 286 g/mol. The second kappa shape index (κ2) is 6.28. The fraction of sp³-hybridized carbons (Fsp3) is 0.438. The first-order chi connectivity index (χ1) is 10.3. The SMILES string of the molecule is COc1ccc2nccc(N3CCN(CCN)CC3)c2c1. The molecule has 2 aromatic rings. The molecule has 0 saturated carbocycles. The van der Waals surface area contributed by atoms with Crippen LogP contribution in [0.5, 0.6) is 5.75 Å². The predicted molar refractivity (Wildman–Crippen MR) is 86.0 cm³/mol. The number of rotatable bonds is 4. The summed E-state index contributed by atoms with van der Waals surface area (Å²) >= 11 is 0. The molecule has 0 radical (unpaired) electrons. The van der Waals surface area contributed by atoms with E-state index in [4.69, 9.17) is 10.5 Å². The van der Waals surface area contributed by atoms with E-state index in [0.29, 0.717) is 0 Å². The van der Waals surface area contributed by atoms with Gasteiger partial charge in [-0.1, -0.05) is 0 Å². The van der Waals surface area contributed by atoms with Crippen LogP contribution in [-0.2, 0) is 0 Å². The molecule has 0 aliphatic carbocycles. The zero-order chi connectivity index (χ0) is 14.7. The van der Waals surface area contributed by atoms with Gasteiger partial charge < -0.3 is 15.4 Å². The molecule has 0 atom stereocenters. The fourth-order valence-electron chi connectivity index (χ4n) is 2.91. The Labute approximate surface area is 125 Å². The Bertz CT molecular complexity index is 608. The Morgan fingerprint density at radius 3 is 2.71 bits per heavy atom. The normalized spacial score (nSPS) is 16.4. The van der Waals surface area contributed by atoms with Gasteiger partial charge in [-0.25, -0.2) is 0 Å². The Morgan fingerprint density at radius 2 is 2.00 bits per heavy atom. The van der Waals surface area contributed by atoms with Gasteiger partial charge in [0, 0.05) is 56.5 Å². The predicted octanol–water partition coefficient (Wildman–Crippen LogP) is 1.32. The van der Waals surface area contributed by atoms with E-state index in [1.165, 1.54) is 5.69 Å². The highest BCUT2D eigenvalue weighted by Gasteiger charge is 2.18. The minimum absolute atomic E-state index is 0.732. The molecule has 2 N–H and O–H groups in total. The number of fused-ring (bicyclic) bond motifs is 1. The van der Waals surface area contributed by atoms with Crippen molar-refractivity contribution in [3.63, 3.8) is 0 Å². The molecule has 1 aromatic heterocycles. The van der Waals surface area contributed by atoms with Crippen LogP contribution in [-0.4, -0.2) is 56.3 Å². The largest absolute Gasteiger partial charge is 0.497 e. The van der Waals surface area contributed by atoms with E-state index in [2.05, 4.69) is 26.9 Å². The number of anilines is 1. The monoisotopic (exact) mass is 286 g/mol. The van der Waals surface area contributed by atoms with Crippen molar-refractivity contribution in [3.8, 4) is 5.75 Å². The van der Waals surface area contributed by atoms with Crippen molar-refractivity contribution < 1.29 is 4.74 Å². The molecule has 0 spiro atoms. The lowest BCUT2D eigenvalue weighted by Gasteiger charge is -2.36. The van der Waals surface area contributed by atoms with E-state index in [-0.39, 0.29) is 0 Å². The van der Waals surface area contributed by atoms with Crippen LogP contribution in [0.3, 0.4) is 0 Å². The van der Waals surface area contributed by atoms with Crippen LogP contribution in [0.1, 0.15) is 0 Å². The Kier molecular flexibility index (Phi) is 4.22. The van der Waals surface area contributed by atoms with Gasteiger partial charge in [-0.05, 0) is 24.3 Å². The van der Waals surface area contributed by atoms with Gasteiger partial charge in [0.25, 0.3) is 0 Å². The third-order valence-corrected chi connectivity index (χ3v) is 4.08. The van der Waals surface area contributed by atoms with Crippen molar-refractivity contribution in [1.29, 1.82) is 0 Å². The Morgan fingerprint density at radius 1 is 1.19 bits per heavy atom. The minimum atomic E-state index is 0.732. The molecule has 1 aromatic carbocycles. The molecule has 1 aliphatic rings. The number of hydrogen-bond donors (Lipinski definition) is 1. The number of hydrogen-bond acceptors (Lipinski definition) is 5. The lowest BCUT2D eigenvalue weighted by Crippen LogP contribution is -2.47. The van der Waals surface area contributed by atoms with Gasteiger partial charge in [0.2, 0.25) is 0 Å². The molecule has 5 heteroatoms. The standard InChI is InChI=1S/C16H22N4O/c1-21-13-2-3-15-14(12-13)16(4-6-18-15)20-10-8-19(7-5-17)9-11-20/h2-4,6,12H,5,7-11,17H2,1H3. The first-order valence-electron chi connectivity index (χ1n) is 7.42. The smallest absolute Gasteiger partial charge is 0.119 e. The highest BCUT2D eigenvalue weighted by Crippen LogP contribution is 2.29. The second-order valence-corrected chi connectivity index (χ2v) is 5.33. The molecular weight excluding hydrogens is 264 g/mol. The van der Waals surface area contributed by atoms with Crippen molar-refractivity contribution in [3.05, 3.63) is 30.5 Å². The molecule has 112 valence electrons. The first-order valence-corrected chi connectivity index (χ1v) is 7.42. The molecule has 1 fully saturated rings. The molecule has 0 amide bonds. The number of pyridine rings is 1. The molecule has 1 saturated heterocycles. The van der Waals surface area contributed by atoms with Crippen molar-refractivity contribution in [2.75, 3.05) is 51.3 Å². The van der Waals surface area contributed by atoms with Gasteiger partial charge in [0.15, 0.2) is 0 Å². The molecule has 1 aliphatic heterocycles. The van der Waals surface area contributed by atoms with E-state index >= 15 is 0 Å². The summed E-state index contributed by atoms with van der Waals surface area (Å²) < 4.78 is 5.35. The summed E-state index contributed by atoms with van der Waals surface area (Å²) in [6.07, 6.45) is 1.89. The van der Waals surface area contributed by atoms with Gasteiger partial charge in [0.05, 0.1) is 12.6 Å². The van der Waals surface area contributed by atoms with Gasteiger partial charge in [-0.15, -0.1) is 0 Å². The molecule has 0 unspecified atom stereocenters. The zero-order valence-corrected chi connectivity index (χ0v) is 12.5. The van der Waals surface area contributed by atoms with Crippen LogP contribution in [0.2, 0.25) is 0 Å². The summed E-state index contributed by atoms with van der Waals surface area (Å²) in [5.41, 5.74) is 7.89. The molecule has 2 heterocycles. The molecule has 0 bridgehead atoms. The summed E-state index contributed by atoms with van der Waals surface area (Å²) in [5, 5.41) is 1.16. The fourth-order valence-corrected chi connectivity index (χ4v) is 2.91. The quantitative estimate of drug-likeness (QED) is 0.919. The molecular formula is C16H22N4O. The summed E-state index contributed by atoms with van der Waals surface area (Å²) in [5.74, 6) is 0.874. The van der Waals surface area contributed by atoms with Crippen LogP contribution in [0.4, 0.5) is 5.69 Å². The van der Waals surface area contributed by atoms with Gasteiger partial charge in [-0.3, -0.25) is 9.88 Å². The van der Waals surface area contributed by atoms with Crippen molar-refractivity contribution in [2.45, 2.75) is 0 Å². The Balaban J connectivity index is 1.87. The van der Waals surface area contributed by atoms with E-state index in [0.717, 1.165) is 55.9 Å². The van der Waals surface area contributed by atoms with Crippen molar-refractivity contribution >= 4 is 16.6 Å². The number of nitrogens with two attached hydrogens (primary N) is 1. The third kappa shape index (κ3) is 2.94.